The number of hydrogen-bond donors (Lipinski definition) is 1. The van der Waals surface area contributed by atoms with E-state index < -0.39 is 5.54 Å². The molecule has 0 saturated carbocycles. The van der Waals surface area contributed by atoms with Gasteiger partial charge in [-0.3, -0.25) is 9.56 Å². The summed E-state index contributed by atoms with van der Waals surface area (Å²) in [4.78, 5) is 4.79. The lowest BCUT2D eigenvalue weighted by Crippen LogP contribution is -2.24. The highest BCUT2D eigenvalue weighted by Crippen LogP contribution is 2.25. The molecule has 3 aromatic carbocycles. The van der Waals surface area contributed by atoms with Crippen LogP contribution in [0.4, 0.5) is 14.5 Å². The number of nitrogens with one attached hydrogen (secondary N) is 1. The summed E-state index contributed by atoms with van der Waals surface area (Å²) in [6.45, 7) is 5.84. The lowest BCUT2D eigenvalue weighted by atomic mass is 10.1. The normalized spacial score (nSPS) is 12.1. The van der Waals surface area contributed by atoms with Crippen LogP contribution in [0, 0.1) is 11.6 Å². The summed E-state index contributed by atoms with van der Waals surface area (Å²) >= 11 is 0. The van der Waals surface area contributed by atoms with E-state index in [1.807, 2.05) is 51.1 Å². The van der Waals surface area contributed by atoms with Crippen molar-refractivity contribution in [2.75, 3.05) is 5.32 Å². The molecule has 0 fully saturated rings. The Labute approximate surface area is 185 Å². The van der Waals surface area contributed by atoms with Gasteiger partial charge in [0.05, 0.1) is 11.2 Å². The first kappa shape index (κ1) is 21.4. The fourth-order valence-electron chi connectivity index (χ4n) is 3.24. The molecule has 0 radical (unpaired) electrons. The van der Waals surface area contributed by atoms with Gasteiger partial charge in [-0.05, 0) is 57.2 Å². The number of halogens is 2. The van der Waals surface area contributed by atoms with Crippen LogP contribution >= 0.6 is 0 Å². The van der Waals surface area contributed by atoms with Crippen molar-refractivity contribution in [2.45, 2.75) is 26.3 Å². The second-order valence-corrected chi connectivity index (χ2v) is 8.30. The molecule has 0 aliphatic rings. The lowest BCUT2D eigenvalue weighted by Gasteiger charge is -2.18. The molecule has 162 valence electrons. The molecular formula is C25H23F2N5. The van der Waals surface area contributed by atoms with Gasteiger partial charge in [0.25, 0.3) is 0 Å². The van der Waals surface area contributed by atoms with Gasteiger partial charge < -0.3 is 5.32 Å². The van der Waals surface area contributed by atoms with Gasteiger partial charge in [-0.2, -0.15) is 0 Å². The molecule has 7 heteroatoms. The van der Waals surface area contributed by atoms with Crippen molar-refractivity contribution >= 4 is 11.5 Å². The molecule has 1 N–H and O–H groups in total. The Morgan fingerprint density at radius 2 is 1.53 bits per heavy atom. The van der Waals surface area contributed by atoms with E-state index in [-0.39, 0.29) is 11.6 Å². The van der Waals surface area contributed by atoms with Crippen molar-refractivity contribution in [2.24, 2.45) is 4.99 Å². The van der Waals surface area contributed by atoms with Gasteiger partial charge in [0.15, 0.2) is 11.7 Å². The zero-order chi connectivity index (χ0) is 22.7. The predicted molar refractivity (Wildman–Crippen MR) is 123 cm³/mol. The number of rotatable bonds is 4. The van der Waals surface area contributed by atoms with E-state index in [1.165, 1.54) is 24.3 Å². The van der Waals surface area contributed by atoms with Crippen molar-refractivity contribution in [3.05, 3.63) is 96.3 Å². The molecule has 4 rings (SSSR count). The summed E-state index contributed by atoms with van der Waals surface area (Å²) in [5.41, 5.74) is 1.41. The van der Waals surface area contributed by atoms with E-state index in [0.29, 0.717) is 28.9 Å². The Morgan fingerprint density at radius 1 is 0.844 bits per heavy atom. The second kappa shape index (κ2) is 8.70. The van der Waals surface area contributed by atoms with Gasteiger partial charge in [-0.1, -0.05) is 42.5 Å². The molecule has 1 aromatic heterocycles. The predicted octanol–water partition coefficient (Wildman–Crippen LogP) is 5.87. The fourth-order valence-corrected chi connectivity index (χ4v) is 3.24. The number of aliphatic imine (C=N–C) groups is 1. The van der Waals surface area contributed by atoms with Crippen LogP contribution in [0.25, 0.3) is 17.1 Å². The highest BCUT2D eigenvalue weighted by atomic mass is 19.1. The van der Waals surface area contributed by atoms with Crippen molar-refractivity contribution in [3.8, 4) is 17.1 Å². The van der Waals surface area contributed by atoms with Crippen LogP contribution in [0.15, 0.2) is 83.9 Å². The molecule has 0 spiro atoms. The molecule has 0 unspecified atom stereocenters. The average Bonchev–Trinajstić information content (AvgIpc) is 3.18. The third-order valence-corrected chi connectivity index (χ3v) is 4.51. The maximum absolute atomic E-state index is 14.1. The number of amidine groups is 1. The Bertz CT molecular complexity index is 1260. The Kier molecular flexibility index (Phi) is 5.81. The van der Waals surface area contributed by atoms with E-state index >= 15 is 0 Å². The van der Waals surface area contributed by atoms with Crippen LogP contribution < -0.4 is 5.32 Å². The minimum Gasteiger partial charge on any atom is -0.337 e. The highest BCUT2D eigenvalue weighted by molar-refractivity contribution is 6.06. The largest absolute Gasteiger partial charge is 0.337 e. The van der Waals surface area contributed by atoms with Crippen molar-refractivity contribution in [3.63, 3.8) is 0 Å². The van der Waals surface area contributed by atoms with Gasteiger partial charge in [-0.25, -0.2) is 8.78 Å². The third kappa shape index (κ3) is 4.88. The molecule has 0 atom stereocenters. The van der Waals surface area contributed by atoms with Gasteiger partial charge in [0.2, 0.25) is 5.82 Å². The topological polar surface area (TPSA) is 55.1 Å². The number of anilines is 1. The fraction of sp³-hybridized carbons (Fsp3) is 0.160. The maximum atomic E-state index is 14.1. The molecule has 1 heterocycles. The zero-order valence-electron chi connectivity index (χ0n) is 18.1. The van der Waals surface area contributed by atoms with Gasteiger partial charge >= 0.3 is 0 Å². The summed E-state index contributed by atoms with van der Waals surface area (Å²) in [5, 5.41) is 12.0. The molecular weight excluding hydrogens is 408 g/mol. The van der Waals surface area contributed by atoms with E-state index in [0.717, 1.165) is 5.56 Å². The summed E-state index contributed by atoms with van der Waals surface area (Å²) < 4.78 is 29.7. The molecule has 4 aromatic rings. The first-order valence-corrected chi connectivity index (χ1v) is 10.2. The molecule has 0 bridgehead atoms. The van der Waals surface area contributed by atoms with Crippen LogP contribution in [0.5, 0.6) is 0 Å². The highest BCUT2D eigenvalue weighted by Gasteiger charge is 2.22. The number of nitrogens with zero attached hydrogens (tertiary/aromatic N) is 4. The Morgan fingerprint density at radius 3 is 2.19 bits per heavy atom. The van der Waals surface area contributed by atoms with E-state index in [4.69, 9.17) is 4.99 Å². The molecule has 0 aliphatic heterocycles. The number of aromatic nitrogens is 3. The minimum atomic E-state index is -0.471. The SMILES string of the molecule is CC(C)(C)N=C(Nc1cccc(F)c1)c1nnc(-c2ccccc2)n1-c1cccc(F)c1. The lowest BCUT2D eigenvalue weighted by molar-refractivity contribution is 0.583. The minimum absolute atomic E-state index is 0.373. The summed E-state index contributed by atoms with van der Waals surface area (Å²) in [5.74, 6) is 0.555. The van der Waals surface area contributed by atoms with E-state index in [9.17, 15) is 8.78 Å². The van der Waals surface area contributed by atoms with Gasteiger partial charge in [0, 0.05) is 11.3 Å². The average molecular weight is 431 g/mol. The molecule has 32 heavy (non-hydrogen) atoms. The molecule has 0 aliphatic carbocycles. The van der Waals surface area contributed by atoms with Crippen molar-refractivity contribution in [1.82, 2.24) is 14.8 Å². The Balaban J connectivity index is 1.93. The molecule has 5 nitrogen and oxygen atoms in total. The number of hydrogen-bond acceptors (Lipinski definition) is 3. The van der Waals surface area contributed by atoms with Crippen LogP contribution in [0.3, 0.4) is 0 Å². The second-order valence-electron chi connectivity index (χ2n) is 8.30. The first-order chi connectivity index (χ1) is 15.3. The smallest absolute Gasteiger partial charge is 0.204 e. The third-order valence-electron chi connectivity index (χ3n) is 4.51. The standard InChI is InChI=1S/C25H23F2N5/c1-25(2,3)29-22(28-20-13-7-11-18(26)15-20)24-31-30-23(17-9-5-4-6-10-17)32(24)21-14-8-12-19(27)16-21/h4-16H,1-3H3,(H,28,29). The van der Waals surface area contributed by atoms with Crippen molar-refractivity contribution < 1.29 is 8.78 Å². The first-order valence-electron chi connectivity index (χ1n) is 10.2. The summed E-state index contributed by atoms with van der Waals surface area (Å²) in [7, 11) is 0. The molecule has 0 saturated heterocycles. The Hall–Kier alpha value is -3.87. The van der Waals surface area contributed by atoms with Gasteiger partial charge in [0.1, 0.15) is 11.6 Å². The molecule has 0 amide bonds. The monoisotopic (exact) mass is 431 g/mol. The summed E-state index contributed by atoms with van der Waals surface area (Å²) in [6, 6.07) is 21.8. The summed E-state index contributed by atoms with van der Waals surface area (Å²) in [6.07, 6.45) is 0. The number of benzene rings is 3. The van der Waals surface area contributed by atoms with E-state index in [1.54, 1.807) is 28.8 Å². The quantitative estimate of drug-likeness (QED) is 0.325. The van der Waals surface area contributed by atoms with Crippen molar-refractivity contribution in [1.29, 1.82) is 0 Å². The van der Waals surface area contributed by atoms with Crippen LogP contribution in [0.1, 0.15) is 26.6 Å². The zero-order valence-corrected chi connectivity index (χ0v) is 18.1. The van der Waals surface area contributed by atoms with Crippen LogP contribution in [0.2, 0.25) is 0 Å². The maximum Gasteiger partial charge on any atom is 0.204 e. The van der Waals surface area contributed by atoms with Crippen LogP contribution in [-0.4, -0.2) is 26.1 Å². The van der Waals surface area contributed by atoms with E-state index in [2.05, 4.69) is 15.5 Å². The van der Waals surface area contributed by atoms with Crippen LogP contribution in [-0.2, 0) is 0 Å². The van der Waals surface area contributed by atoms with Gasteiger partial charge in [-0.15, -0.1) is 10.2 Å².